The fourth-order valence-corrected chi connectivity index (χ4v) is 8.14. The van der Waals surface area contributed by atoms with Crippen LogP contribution < -0.4 is 0 Å². The van der Waals surface area contributed by atoms with Gasteiger partial charge in [-0.1, -0.05) is 127 Å². The molecule has 0 spiro atoms. The summed E-state index contributed by atoms with van der Waals surface area (Å²) in [5, 5.41) is 9.70. The maximum atomic E-state index is 5.39. The summed E-state index contributed by atoms with van der Waals surface area (Å²) in [4.78, 5) is 10.6. The van der Waals surface area contributed by atoms with Gasteiger partial charge in [-0.25, -0.2) is 9.97 Å². The molecule has 0 saturated heterocycles. The average Bonchev–Trinajstić information content (AvgIpc) is 3.79. The summed E-state index contributed by atoms with van der Waals surface area (Å²) >= 11 is 0. The number of hydrogen-bond donors (Lipinski definition) is 0. The minimum absolute atomic E-state index is 0.670. The fourth-order valence-electron chi connectivity index (χ4n) is 8.14. The summed E-state index contributed by atoms with van der Waals surface area (Å²) < 4.78 is 4.58. The number of rotatable bonds is 4. The van der Waals surface area contributed by atoms with Gasteiger partial charge in [-0.2, -0.15) is 0 Å². The third kappa shape index (κ3) is 3.81. The van der Waals surface area contributed by atoms with Gasteiger partial charge >= 0.3 is 0 Å². The Hall–Kier alpha value is -6.78. The topological polar surface area (TPSA) is 35.6 Å². The van der Waals surface area contributed by atoms with E-state index in [0.717, 1.165) is 38.9 Å². The first-order valence-corrected chi connectivity index (χ1v) is 17.0. The van der Waals surface area contributed by atoms with Crippen LogP contribution in [0.15, 0.2) is 170 Å². The van der Waals surface area contributed by atoms with Crippen molar-refractivity contribution in [3.63, 3.8) is 0 Å². The first-order chi connectivity index (χ1) is 24.8. The number of hydrogen-bond acceptors (Lipinski definition) is 2. The molecule has 0 radical (unpaired) electrons. The van der Waals surface area contributed by atoms with Gasteiger partial charge in [0.15, 0.2) is 0 Å². The monoisotopic (exact) mass is 636 g/mol. The summed E-state index contributed by atoms with van der Waals surface area (Å²) in [6.07, 6.45) is 2.20. The van der Waals surface area contributed by atoms with Crippen LogP contribution in [-0.4, -0.2) is 19.1 Å². The van der Waals surface area contributed by atoms with E-state index in [0.29, 0.717) is 5.95 Å². The van der Waals surface area contributed by atoms with Crippen molar-refractivity contribution >= 4 is 65.2 Å². The molecular weight excluding hydrogens is 609 g/mol. The van der Waals surface area contributed by atoms with Crippen molar-refractivity contribution in [2.75, 3.05) is 0 Å². The zero-order valence-electron chi connectivity index (χ0n) is 27.0. The maximum Gasteiger partial charge on any atom is 0.235 e. The Morgan fingerprint density at radius 1 is 0.420 bits per heavy atom. The lowest BCUT2D eigenvalue weighted by molar-refractivity contribution is 1.01. The van der Waals surface area contributed by atoms with E-state index in [9.17, 15) is 0 Å². The Labute approximate surface area is 287 Å². The second-order valence-corrected chi connectivity index (χ2v) is 13.0. The van der Waals surface area contributed by atoms with Crippen LogP contribution in [0.25, 0.3) is 99.2 Å². The summed E-state index contributed by atoms with van der Waals surface area (Å²) in [7, 11) is 0. The smallest absolute Gasteiger partial charge is 0.235 e. The van der Waals surface area contributed by atoms with Crippen molar-refractivity contribution in [3.05, 3.63) is 170 Å². The van der Waals surface area contributed by atoms with Gasteiger partial charge in [0.25, 0.3) is 0 Å². The van der Waals surface area contributed by atoms with Crippen LogP contribution in [0.1, 0.15) is 0 Å². The standard InChI is InChI=1S/C46H28N4/c1-2-13-32(14-3-1)49-28-27-36-35-18-9-21-40-42(35)43-38(45(36)49)19-10-22-41(43)50(40)46-47-39-20-7-6-16-37(39)44(48-46)31-25-23-30(24-26-31)34-17-8-12-29-11-4-5-15-33(29)34/h1-28H. The Balaban J connectivity index is 1.15. The Morgan fingerprint density at radius 3 is 1.90 bits per heavy atom. The van der Waals surface area contributed by atoms with Gasteiger partial charge in [0.1, 0.15) is 0 Å². The van der Waals surface area contributed by atoms with E-state index in [1.807, 2.05) is 0 Å². The van der Waals surface area contributed by atoms with Gasteiger partial charge in [-0.15, -0.1) is 0 Å². The molecule has 0 N–H and O–H groups in total. The molecule has 0 aliphatic rings. The summed E-state index contributed by atoms with van der Waals surface area (Å²) in [6, 6.07) is 58.3. The highest BCUT2D eigenvalue weighted by molar-refractivity contribution is 6.34. The van der Waals surface area contributed by atoms with Crippen LogP contribution in [0, 0.1) is 0 Å². The zero-order valence-corrected chi connectivity index (χ0v) is 27.0. The van der Waals surface area contributed by atoms with Crippen molar-refractivity contribution in [1.82, 2.24) is 19.1 Å². The lowest BCUT2D eigenvalue weighted by atomic mass is 9.96. The van der Waals surface area contributed by atoms with Crippen molar-refractivity contribution in [2.45, 2.75) is 0 Å². The number of para-hydroxylation sites is 2. The minimum atomic E-state index is 0.670. The van der Waals surface area contributed by atoms with Gasteiger partial charge in [-0.05, 0) is 63.7 Å². The van der Waals surface area contributed by atoms with E-state index < -0.39 is 0 Å². The highest BCUT2D eigenvalue weighted by Gasteiger charge is 2.23. The number of benzene rings is 8. The molecule has 0 atom stereocenters. The summed E-state index contributed by atoms with van der Waals surface area (Å²) in [5.74, 6) is 0.670. The molecular formula is C46H28N4. The third-order valence-electron chi connectivity index (χ3n) is 10.3. The molecule has 0 saturated carbocycles. The number of fused-ring (bicyclic) bond motifs is 5. The first-order valence-electron chi connectivity index (χ1n) is 17.0. The average molecular weight is 637 g/mol. The lowest BCUT2D eigenvalue weighted by Crippen LogP contribution is -2.03. The van der Waals surface area contributed by atoms with Crippen molar-refractivity contribution < 1.29 is 0 Å². The molecule has 0 fully saturated rings. The molecule has 3 heterocycles. The van der Waals surface area contributed by atoms with Crippen LogP contribution in [-0.2, 0) is 0 Å². The Morgan fingerprint density at radius 2 is 1.06 bits per heavy atom. The second-order valence-electron chi connectivity index (χ2n) is 13.0. The molecule has 11 aromatic rings. The van der Waals surface area contributed by atoms with E-state index in [1.165, 1.54) is 54.3 Å². The van der Waals surface area contributed by atoms with E-state index in [4.69, 9.17) is 9.97 Å². The van der Waals surface area contributed by atoms with Gasteiger partial charge in [0.05, 0.1) is 27.8 Å². The quantitative estimate of drug-likeness (QED) is 0.180. The molecule has 0 aliphatic heterocycles. The van der Waals surface area contributed by atoms with E-state index >= 15 is 0 Å². The van der Waals surface area contributed by atoms with Gasteiger partial charge in [0.2, 0.25) is 5.95 Å². The van der Waals surface area contributed by atoms with Crippen molar-refractivity contribution in [1.29, 1.82) is 0 Å². The highest BCUT2D eigenvalue weighted by Crippen LogP contribution is 2.44. The molecule has 4 nitrogen and oxygen atoms in total. The maximum absolute atomic E-state index is 5.39. The van der Waals surface area contributed by atoms with Gasteiger partial charge < -0.3 is 4.57 Å². The molecule has 4 heteroatoms. The van der Waals surface area contributed by atoms with E-state index in [2.05, 4.69) is 179 Å². The zero-order chi connectivity index (χ0) is 32.8. The number of nitrogens with zero attached hydrogens (tertiary/aromatic N) is 4. The molecule has 0 amide bonds. The predicted molar refractivity (Wildman–Crippen MR) is 208 cm³/mol. The normalized spacial score (nSPS) is 12.0. The summed E-state index contributed by atoms with van der Waals surface area (Å²) in [5.41, 5.74) is 9.88. The van der Waals surface area contributed by atoms with Crippen molar-refractivity contribution in [2.24, 2.45) is 0 Å². The molecule has 8 aromatic carbocycles. The summed E-state index contributed by atoms with van der Waals surface area (Å²) in [6.45, 7) is 0. The van der Waals surface area contributed by atoms with E-state index in [-0.39, 0.29) is 0 Å². The predicted octanol–water partition coefficient (Wildman–Crippen LogP) is 11.7. The van der Waals surface area contributed by atoms with Crippen LogP contribution >= 0.6 is 0 Å². The highest BCUT2D eigenvalue weighted by atomic mass is 15.2. The minimum Gasteiger partial charge on any atom is -0.316 e. The van der Waals surface area contributed by atoms with Crippen molar-refractivity contribution in [3.8, 4) is 34.0 Å². The van der Waals surface area contributed by atoms with Crippen LogP contribution in [0.3, 0.4) is 0 Å². The van der Waals surface area contributed by atoms with Gasteiger partial charge in [0, 0.05) is 44.4 Å². The largest absolute Gasteiger partial charge is 0.316 e. The molecule has 0 aliphatic carbocycles. The Kier molecular flexibility index (Phi) is 5.63. The first kappa shape index (κ1) is 27.2. The molecule has 3 aromatic heterocycles. The molecule has 0 bridgehead atoms. The Bertz CT molecular complexity index is 3070. The fraction of sp³-hybridized carbons (Fsp3) is 0. The number of aromatic nitrogens is 4. The van der Waals surface area contributed by atoms with E-state index in [1.54, 1.807) is 0 Å². The molecule has 0 unspecified atom stereocenters. The molecule has 50 heavy (non-hydrogen) atoms. The second kappa shape index (κ2) is 10.4. The third-order valence-corrected chi connectivity index (χ3v) is 10.3. The molecule has 232 valence electrons. The van der Waals surface area contributed by atoms with Crippen LogP contribution in [0.2, 0.25) is 0 Å². The SMILES string of the molecule is c1ccc(-n2ccc3c4cccc5c4c4c(cccc4n5-c4nc(-c5ccc(-c6cccc7ccccc67)cc5)c5ccccc5n4)c32)cc1. The van der Waals surface area contributed by atoms with Crippen LogP contribution in [0.4, 0.5) is 0 Å². The lowest BCUT2D eigenvalue weighted by Gasteiger charge is -2.12. The van der Waals surface area contributed by atoms with Crippen LogP contribution in [0.5, 0.6) is 0 Å². The molecule has 11 rings (SSSR count). The van der Waals surface area contributed by atoms with Gasteiger partial charge in [-0.3, -0.25) is 4.57 Å².